The molecular weight excluding hydrogens is 124 g/mol. The minimum atomic E-state index is -0.417. The molecule has 0 aromatic rings. The second kappa shape index (κ2) is 1.65. The van der Waals surface area contributed by atoms with Gasteiger partial charge in [0.05, 0.1) is 5.60 Å². The van der Waals surface area contributed by atoms with Crippen molar-refractivity contribution >= 4 is 0 Å². The van der Waals surface area contributed by atoms with Gasteiger partial charge in [0.15, 0.2) is 0 Å². The molecule has 2 aliphatic carbocycles. The van der Waals surface area contributed by atoms with Gasteiger partial charge >= 0.3 is 0 Å². The van der Waals surface area contributed by atoms with Gasteiger partial charge in [-0.25, -0.2) is 0 Å². The minimum Gasteiger partial charge on any atom is -0.389 e. The van der Waals surface area contributed by atoms with Crippen molar-refractivity contribution < 1.29 is 5.11 Å². The molecule has 1 nitrogen and oxygen atoms in total. The second-order valence-corrected chi connectivity index (χ2v) is 3.91. The lowest BCUT2D eigenvalue weighted by molar-refractivity contribution is -0.00586. The van der Waals surface area contributed by atoms with E-state index >= 15 is 0 Å². The maximum atomic E-state index is 9.90. The maximum absolute atomic E-state index is 9.90. The molecule has 10 heavy (non-hydrogen) atoms. The van der Waals surface area contributed by atoms with Crippen LogP contribution in [0.3, 0.4) is 0 Å². The molecule has 0 heterocycles. The van der Waals surface area contributed by atoms with E-state index in [2.05, 4.69) is 19.1 Å². The van der Waals surface area contributed by atoms with E-state index < -0.39 is 5.60 Å². The van der Waals surface area contributed by atoms with Gasteiger partial charge in [0, 0.05) is 5.92 Å². The molecule has 2 bridgehead atoms. The van der Waals surface area contributed by atoms with Crippen molar-refractivity contribution in [3.05, 3.63) is 12.2 Å². The van der Waals surface area contributed by atoms with E-state index in [0.29, 0.717) is 17.8 Å². The van der Waals surface area contributed by atoms with Crippen LogP contribution in [0.4, 0.5) is 0 Å². The maximum Gasteiger partial charge on any atom is 0.0713 e. The average molecular weight is 138 g/mol. The molecule has 2 rings (SSSR count). The minimum absolute atomic E-state index is 0.417. The Balaban J connectivity index is 2.35. The SMILES string of the molecule is C[C@@H]1[C@H]2C=C[C@H](C2)[C@]1(C)O. The Kier molecular flexibility index (Phi) is 1.06. The highest BCUT2D eigenvalue weighted by molar-refractivity contribution is 5.17. The molecule has 0 aliphatic heterocycles. The Morgan fingerprint density at radius 2 is 2.20 bits per heavy atom. The summed E-state index contributed by atoms with van der Waals surface area (Å²) >= 11 is 0. The molecule has 0 aromatic carbocycles. The van der Waals surface area contributed by atoms with Gasteiger partial charge in [-0.05, 0) is 25.2 Å². The lowest BCUT2D eigenvalue weighted by Crippen LogP contribution is -2.36. The van der Waals surface area contributed by atoms with Gasteiger partial charge in [0.1, 0.15) is 0 Å². The lowest BCUT2D eigenvalue weighted by atomic mass is 9.82. The molecule has 4 atom stereocenters. The Labute approximate surface area is 61.8 Å². The summed E-state index contributed by atoms with van der Waals surface area (Å²) < 4.78 is 0. The monoisotopic (exact) mass is 138 g/mol. The zero-order valence-corrected chi connectivity index (χ0v) is 6.54. The van der Waals surface area contributed by atoms with Gasteiger partial charge in [-0.1, -0.05) is 19.1 Å². The Bertz CT molecular complexity index is 181. The zero-order chi connectivity index (χ0) is 7.35. The van der Waals surface area contributed by atoms with Crippen LogP contribution >= 0.6 is 0 Å². The fourth-order valence-electron chi connectivity index (χ4n) is 2.30. The van der Waals surface area contributed by atoms with E-state index in [4.69, 9.17) is 0 Å². The highest BCUT2D eigenvalue weighted by atomic mass is 16.3. The van der Waals surface area contributed by atoms with Gasteiger partial charge < -0.3 is 5.11 Å². The standard InChI is InChI=1S/C9H14O/c1-6-7-3-4-8(5-7)9(6,2)10/h3-4,6-8,10H,5H2,1-2H3/t6-,7+,8-,9-/m1/s1. The van der Waals surface area contributed by atoms with Gasteiger partial charge in [0.2, 0.25) is 0 Å². The van der Waals surface area contributed by atoms with E-state index in [-0.39, 0.29) is 0 Å². The average Bonchev–Trinajstić information content (AvgIpc) is 2.37. The molecule has 0 amide bonds. The van der Waals surface area contributed by atoms with Crippen molar-refractivity contribution in [1.82, 2.24) is 0 Å². The van der Waals surface area contributed by atoms with E-state index in [1.54, 1.807) is 0 Å². The zero-order valence-electron chi connectivity index (χ0n) is 6.54. The molecule has 1 saturated carbocycles. The number of fused-ring (bicyclic) bond motifs is 2. The van der Waals surface area contributed by atoms with Gasteiger partial charge in [-0.2, -0.15) is 0 Å². The van der Waals surface area contributed by atoms with Crippen molar-refractivity contribution in [1.29, 1.82) is 0 Å². The first kappa shape index (κ1) is 6.41. The molecular formula is C9H14O. The van der Waals surface area contributed by atoms with Crippen LogP contribution in [0.2, 0.25) is 0 Å². The molecule has 0 saturated heterocycles. The van der Waals surface area contributed by atoms with Gasteiger partial charge in [0.25, 0.3) is 0 Å². The summed E-state index contributed by atoms with van der Waals surface area (Å²) in [5, 5.41) is 9.90. The molecule has 1 fully saturated rings. The quantitative estimate of drug-likeness (QED) is 0.504. The summed E-state index contributed by atoms with van der Waals surface area (Å²) in [6, 6.07) is 0. The summed E-state index contributed by atoms with van der Waals surface area (Å²) in [5.41, 5.74) is -0.417. The summed E-state index contributed by atoms with van der Waals surface area (Å²) in [6.45, 7) is 4.11. The molecule has 2 aliphatic rings. The van der Waals surface area contributed by atoms with E-state index in [0.717, 1.165) is 0 Å². The van der Waals surface area contributed by atoms with Crippen LogP contribution in [0.15, 0.2) is 12.2 Å². The summed E-state index contributed by atoms with van der Waals surface area (Å²) in [7, 11) is 0. The van der Waals surface area contributed by atoms with Crippen LogP contribution in [0.1, 0.15) is 20.3 Å². The third-order valence-corrected chi connectivity index (χ3v) is 3.43. The third-order valence-electron chi connectivity index (χ3n) is 3.43. The molecule has 0 spiro atoms. The molecule has 0 aromatic heterocycles. The van der Waals surface area contributed by atoms with Crippen molar-refractivity contribution in [3.8, 4) is 0 Å². The molecule has 0 unspecified atom stereocenters. The van der Waals surface area contributed by atoms with Gasteiger partial charge in [-0.15, -0.1) is 0 Å². The van der Waals surface area contributed by atoms with Crippen LogP contribution in [0, 0.1) is 17.8 Å². The summed E-state index contributed by atoms with van der Waals surface area (Å²) in [4.78, 5) is 0. The van der Waals surface area contributed by atoms with E-state index in [1.165, 1.54) is 6.42 Å². The van der Waals surface area contributed by atoms with Crippen molar-refractivity contribution in [3.63, 3.8) is 0 Å². The van der Waals surface area contributed by atoms with E-state index in [1.807, 2.05) is 6.92 Å². The van der Waals surface area contributed by atoms with Crippen molar-refractivity contribution in [2.45, 2.75) is 25.9 Å². The summed E-state index contributed by atoms with van der Waals surface area (Å²) in [6.07, 6.45) is 5.60. The number of hydrogen-bond acceptors (Lipinski definition) is 1. The summed E-state index contributed by atoms with van der Waals surface area (Å²) in [5.74, 6) is 1.55. The first-order valence-corrected chi connectivity index (χ1v) is 4.03. The highest BCUT2D eigenvalue weighted by Gasteiger charge is 2.49. The number of hydrogen-bond donors (Lipinski definition) is 1. The van der Waals surface area contributed by atoms with Crippen molar-refractivity contribution in [2.75, 3.05) is 0 Å². The predicted octanol–water partition coefficient (Wildman–Crippen LogP) is 1.58. The van der Waals surface area contributed by atoms with Crippen LogP contribution in [0.25, 0.3) is 0 Å². The van der Waals surface area contributed by atoms with Crippen LogP contribution < -0.4 is 0 Å². The molecule has 1 N–H and O–H groups in total. The largest absolute Gasteiger partial charge is 0.389 e. The Morgan fingerprint density at radius 3 is 2.50 bits per heavy atom. The predicted molar refractivity (Wildman–Crippen MR) is 40.5 cm³/mol. The van der Waals surface area contributed by atoms with Crippen LogP contribution in [0.5, 0.6) is 0 Å². The van der Waals surface area contributed by atoms with Crippen LogP contribution in [-0.4, -0.2) is 10.7 Å². The third kappa shape index (κ3) is 0.567. The fourth-order valence-corrected chi connectivity index (χ4v) is 2.30. The first-order valence-electron chi connectivity index (χ1n) is 4.03. The number of allylic oxidation sites excluding steroid dienone is 1. The highest BCUT2D eigenvalue weighted by Crippen LogP contribution is 2.49. The van der Waals surface area contributed by atoms with Crippen LogP contribution in [-0.2, 0) is 0 Å². The molecule has 1 heteroatoms. The topological polar surface area (TPSA) is 20.2 Å². The second-order valence-electron chi connectivity index (χ2n) is 3.91. The molecule has 0 radical (unpaired) electrons. The number of rotatable bonds is 0. The lowest BCUT2D eigenvalue weighted by Gasteiger charge is -2.31. The first-order chi connectivity index (χ1) is 4.62. The Hall–Kier alpha value is -0.300. The normalized spacial score (nSPS) is 58.1. The van der Waals surface area contributed by atoms with Gasteiger partial charge in [-0.3, -0.25) is 0 Å². The fraction of sp³-hybridized carbons (Fsp3) is 0.778. The smallest absolute Gasteiger partial charge is 0.0713 e. The number of aliphatic hydroxyl groups is 1. The Morgan fingerprint density at radius 1 is 1.50 bits per heavy atom. The molecule has 56 valence electrons. The van der Waals surface area contributed by atoms with Crippen molar-refractivity contribution in [2.24, 2.45) is 17.8 Å². The van der Waals surface area contributed by atoms with E-state index in [9.17, 15) is 5.11 Å².